The zero-order chi connectivity index (χ0) is 16.8. The van der Waals surface area contributed by atoms with Gasteiger partial charge in [0.2, 0.25) is 0 Å². The van der Waals surface area contributed by atoms with E-state index in [-0.39, 0.29) is 11.3 Å². The number of rotatable bonds is 6. The lowest BCUT2D eigenvalue weighted by Crippen LogP contribution is -2.15. The number of amides is 1. The molecule has 0 radical (unpaired) electrons. The quantitative estimate of drug-likeness (QED) is 0.555. The molecule has 0 aliphatic rings. The minimum atomic E-state index is -0.547. The molecule has 23 heavy (non-hydrogen) atoms. The number of hydrogen-bond acceptors (Lipinski definition) is 5. The Balaban J connectivity index is 2.23. The molecule has 7 nitrogen and oxygen atoms in total. The van der Waals surface area contributed by atoms with Crippen LogP contribution in [0.4, 0.5) is 17.1 Å². The zero-order valence-corrected chi connectivity index (χ0v) is 12.8. The van der Waals surface area contributed by atoms with Crippen LogP contribution in [0.3, 0.4) is 0 Å². The first kappa shape index (κ1) is 16.7. The van der Waals surface area contributed by atoms with Gasteiger partial charge in [0.1, 0.15) is 5.69 Å². The lowest BCUT2D eigenvalue weighted by Gasteiger charge is -2.09. The van der Waals surface area contributed by atoms with Crippen LogP contribution in [0.5, 0.6) is 0 Å². The van der Waals surface area contributed by atoms with Crippen LogP contribution in [0, 0.1) is 10.1 Å². The maximum absolute atomic E-state index is 12.2. The number of nitrogens with zero attached hydrogens (tertiary/aromatic N) is 1. The van der Waals surface area contributed by atoms with Crippen LogP contribution < -0.4 is 16.4 Å². The lowest BCUT2D eigenvalue weighted by molar-refractivity contribution is -0.384. The van der Waals surface area contributed by atoms with Crippen LogP contribution >= 0.6 is 11.6 Å². The van der Waals surface area contributed by atoms with E-state index < -0.39 is 10.8 Å². The minimum absolute atomic E-state index is 0.176. The van der Waals surface area contributed by atoms with Crippen molar-refractivity contribution in [3.63, 3.8) is 0 Å². The highest BCUT2D eigenvalue weighted by molar-refractivity contribution is 6.31. The molecule has 1 amide bonds. The number of halogens is 1. The van der Waals surface area contributed by atoms with Crippen molar-refractivity contribution in [2.75, 3.05) is 23.7 Å². The van der Waals surface area contributed by atoms with Gasteiger partial charge in [-0.3, -0.25) is 14.9 Å². The van der Waals surface area contributed by atoms with Crippen molar-refractivity contribution >= 4 is 34.6 Å². The highest BCUT2D eigenvalue weighted by atomic mass is 35.5. The fourth-order valence-electron chi connectivity index (χ4n) is 1.95. The summed E-state index contributed by atoms with van der Waals surface area (Å²) < 4.78 is 0. The molecular weight excluding hydrogens is 320 g/mol. The standard InChI is InChI=1S/C15H15ClN4O3/c16-11-2-1-3-12(9-11)19-15(21)10-4-5-13(18-7-6-17)14(8-10)20(22)23/h1-5,8-9,18H,6-7,17H2,(H,19,21). The molecule has 0 heterocycles. The average Bonchev–Trinajstić information content (AvgIpc) is 2.52. The number of nitro benzene ring substituents is 1. The topological polar surface area (TPSA) is 110 Å². The van der Waals surface area contributed by atoms with Gasteiger partial charge < -0.3 is 16.4 Å². The first-order valence-electron chi connectivity index (χ1n) is 6.80. The Labute approximate surface area is 137 Å². The summed E-state index contributed by atoms with van der Waals surface area (Å²) >= 11 is 5.85. The summed E-state index contributed by atoms with van der Waals surface area (Å²) in [4.78, 5) is 22.8. The Morgan fingerprint density at radius 3 is 2.70 bits per heavy atom. The Kier molecular flexibility index (Phi) is 5.51. The molecule has 8 heteroatoms. The van der Waals surface area contributed by atoms with Gasteiger partial charge in [0.15, 0.2) is 0 Å². The first-order chi connectivity index (χ1) is 11.0. The molecule has 4 N–H and O–H groups in total. The molecule has 0 bridgehead atoms. The second-order valence-electron chi connectivity index (χ2n) is 4.67. The SMILES string of the molecule is NCCNc1ccc(C(=O)Nc2cccc(Cl)c2)cc1[N+](=O)[O-]. The van der Waals surface area contributed by atoms with Crippen LogP contribution in [0.25, 0.3) is 0 Å². The lowest BCUT2D eigenvalue weighted by atomic mass is 10.1. The number of anilines is 2. The summed E-state index contributed by atoms with van der Waals surface area (Å²) in [5.74, 6) is -0.458. The number of nitrogens with one attached hydrogen (secondary N) is 2. The highest BCUT2D eigenvalue weighted by Crippen LogP contribution is 2.26. The molecule has 120 valence electrons. The predicted octanol–water partition coefficient (Wildman–Crippen LogP) is 2.87. The van der Waals surface area contributed by atoms with Crippen LogP contribution in [0.1, 0.15) is 10.4 Å². The second kappa shape index (κ2) is 7.57. The van der Waals surface area contributed by atoms with Gasteiger partial charge in [0.05, 0.1) is 4.92 Å². The van der Waals surface area contributed by atoms with Crippen molar-refractivity contribution in [1.29, 1.82) is 0 Å². The number of nitrogens with two attached hydrogens (primary N) is 1. The maximum Gasteiger partial charge on any atom is 0.293 e. The zero-order valence-electron chi connectivity index (χ0n) is 12.1. The minimum Gasteiger partial charge on any atom is -0.378 e. The number of carbonyl (C=O) groups excluding carboxylic acids is 1. The van der Waals surface area contributed by atoms with Gasteiger partial charge in [0, 0.05) is 35.4 Å². The molecule has 2 rings (SSSR count). The molecule has 0 aliphatic carbocycles. The Morgan fingerprint density at radius 1 is 1.26 bits per heavy atom. The molecule has 0 saturated carbocycles. The van der Waals surface area contributed by atoms with E-state index in [1.54, 1.807) is 24.3 Å². The number of nitro groups is 1. The third-order valence-corrected chi connectivity index (χ3v) is 3.23. The Bertz CT molecular complexity index is 736. The summed E-state index contributed by atoms with van der Waals surface area (Å²) in [5, 5.41) is 17.1. The van der Waals surface area contributed by atoms with Crippen molar-refractivity contribution in [2.45, 2.75) is 0 Å². The number of hydrogen-bond donors (Lipinski definition) is 3. The molecule has 0 spiro atoms. The molecule has 0 atom stereocenters. The average molecular weight is 335 g/mol. The number of benzene rings is 2. The molecule has 0 aliphatic heterocycles. The van der Waals surface area contributed by atoms with Crippen LogP contribution in [-0.4, -0.2) is 23.9 Å². The Morgan fingerprint density at radius 2 is 2.04 bits per heavy atom. The summed E-state index contributed by atoms with van der Waals surface area (Å²) in [7, 11) is 0. The van der Waals surface area contributed by atoms with Gasteiger partial charge in [-0.05, 0) is 30.3 Å². The fourth-order valence-corrected chi connectivity index (χ4v) is 2.14. The molecule has 0 fully saturated rings. The first-order valence-corrected chi connectivity index (χ1v) is 7.18. The van der Waals surface area contributed by atoms with Crippen LogP contribution in [-0.2, 0) is 0 Å². The smallest absolute Gasteiger partial charge is 0.293 e. The van der Waals surface area contributed by atoms with Crippen LogP contribution in [0.15, 0.2) is 42.5 Å². The van der Waals surface area contributed by atoms with Crippen molar-refractivity contribution in [3.8, 4) is 0 Å². The van der Waals surface area contributed by atoms with Gasteiger partial charge in [-0.15, -0.1) is 0 Å². The maximum atomic E-state index is 12.2. The van der Waals surface area contributed by atoms with Crippen molar-refractivity contribution in [1.82, 2.24) is 0 Å². The van der Waals surface area contributed by atoms with E-state index in [2.05, 4.69) is 10.6 Å². The van der Waals surface area contributed by atoms with Crippen molar-refractivity contribution in [3.05, 3.63) is 63.2 Å². The van der Waals surface area contributed by atoms with E-state index in [4.69, 9.17) is 17.3 Å². The van der Waals surface area contributed by atoms with Gasteiger partial charge in [-0.1, -0.05) is 17.7 Å². The van der Waals surface area contributed by atoms with E-state index >= 15 is 0 Å². The Hall–Kier alpha value is -2.64. The van der Waals surface area contributed by atoms with Gasteiger partial charge in [-0.2, -0.15) is 0 Å². The summed E-state index contributed by atoms with van der Waals surface area (Å²) in [6, 6.07) is 10.9. The van der Waals surface area contributed by atoms with E-state index in [0.717, 1.165) is 0 Å². The summed E-state index contributed by atoms with van der Waals surface area (Å²) in [6.45, 7) is 0.739. The molecule has 2 aromatic rings. The van der Waals surface area contributed by atoms with Gasteiger partial charge in [-0.25, -0.2) is 0 Å². The second-order valence-corrected chi connectivity index (χ2v) is 5.11. The largest absolute Gasteiger partial charge is 0.378 e. The molecule has 0 saturated heterocycles. The number of carbonyl (C=O) groups is 1. The van der Waals surface area contributed by atoms with E-state index in [1.165, 1.54) is 18.2 Å². The predicted molar refractivity (Wildman–Crippen MR) is 90.0 cm³/mol. The van der Waals surface area contributed by atoms with Crippen LogP contribution in [0.2, 0.25) is 5.02 Å². The molecule has 0 aromatic heterocycles. The van der Waals surface area contributed by atoms with Crippen molar-refractivity contribution in [2.24, 2.45) is 5.73 Å². The fraction of sp³-hybridized carbons (Fsp3) is 0.133. The monoisotopic (exact) mass is 334 g/mol. The third kappa shape index (κ3) is 4.41. The molecule has 0 unspecified atom stereocenters. The van der Waals surface area contributed by atoms with Crippen molar-refractivity contribution < 1.29 is 9.72 Å². The van der Waals surface area contributed by atoms with Gasteiger partial charge in [0.25, 0.3) is 11.6 Å². The van der Waals surface area contributed by atoms with E-state index in [0.29, 0.717) is 29.5 Å². The molecular formula is C15H15ClN4O3. The van der Waals surface area contributed by atoms with E-state index in [9.17, 15) is 14.9 Å². The molecule has 2 aromatic carbocycles. The third-order valence-electron chi connectivity index (χ3n) is 3.00. The summed E-state index contributed by atoms with van der Waals surface area (Å²) in [6.07, 6.45) is 0. The summed E-state index contributed by atoms with van der Waals surface area (Å²) in [5.41, 5.74) is 6.19. The highest BCUT2D eigenvalue weighted by Gasteiger charge is 2.17. The normalized spacial score (nSPS) is 10.2. The van der Waals surface area contributed by atoms with Gasteiger partial charge >= 0.3 is 0 Å². The van der Waals surface area contributed by atoms with E-state index in [1.807, 2.05) is 0 Å².